The van der Waals surface area contributed by atoms with Crippen LogP contribution in [0.25, 0.3) is 0 Å². The molecule has 1 aliphatic rings. The van der Waals surface area contributed by atoms with Gasteiger partial charge in [-0.3, -0.25) is 19.2 Å². The van der Waals surface area contributed by atoms with E-state index in [4.69, 9.17) is 0 Å². The van der Waals surface area contributed by atoms with Crippen LogP contribution in [-0.2, 0) is 4.79 Å². The van der Waals surface area contributed by atoms with Crippen molar-refractivity contribution in [2.24, 2.45) is 0 Å². The summed E-state index contributed by atoms with van der Waals surface area (Å²) in [5.74, 6) is -1.20. The van der Waals surface area contributed by atoms with Crippen LogP contribution in [0.2, 0.25) is 0 Å². The Balaban J connectivity index is 1.41. The summed E-state index contributed by atoms with van der Waals surface area (Å²) < 4.78 is 0. The summed E-state index contributed by atoms with van der Waals surface area (Å²) >= 11 is 0. The molecule has 0 saturated carbocycles. The minimum Gasteiger partial charge on any atom is -0.326 e. The van der Waals surface area contributed by atoms with Crippen molar-refractivity contribution >= 4 is 34.9 Å². The fraction of sp³-hybridized carbons (Fsp3) is 0.154. The molecule has 4 rings (SSSR count). The molecule has 6 heteroatoms. The highest BCUT2D eigenvalue weighted by atomic mass is 16.2. The minimum atomic E-state index is -0.395. The van der Waals surface area contributed by atoms with Crippen LogP contribution in [0.15, 0.2) is 66.7 Å². The smallest absolute Gasteiger partial charge is 0.266 e. The normalized spacial score (nSPS) is 12.6. The monoisotopic (exact) mass is 426 g/mol. The molecule has 0 bridgehead atoms. The van der Waals surface area contributed by atoms with Crippen LogP contribution < -0.4 is 10.2 Å². The van der Waals surface area contributed by atoms with Gasteiger partial charge in [0.1, 0.15) is 0 Å². The maximum absolute atomic E-state index is 12.7. The number of ketones is 1. The topological polar surface area (TPSA) is 83.6 Å². The molecule has 1 aliphatic heterocycles. The number of anilines is 2. The van der Waals surface area contributed by atoms with Crippen LogP contribution in [-0.4, -0.2) is 23.5 Å². The van der Waals surface area contributed by atoms with Crippen LogP contribution in [0.5, 0.6) is 0 Å². The van der Waals surface area contributed by atoms with Gasteiger partial charge in [0.15, 0.2) is 5.78 Å². The van der Waals surface area contributed by atoms with Crippen LogP contribution in [0.1, 0.15) is 55.0 Å². The average molecular weight is 426 g/mol. The van der Waals surface area contributed by atoms with Gasteiger partial charge in [-0.2, -0.15) is 0 Å². The zero-order valence-corrected chi connectivity index (χ0v) is 17.8. The summed E-state index contributed by atoms with van der Waals surface area (Å²) in [6.45, 7) is 3.92. The molecule has 3 aromatic carbocycles. The number of Topliss-reactive ketones (excluding diaryl/α,β-unsaturated/α-hetero) is 1. The SMILES string of the molecule is Cc1ccc(C(=O)CCC(=O)Nc2cccc(N3C(=O)c4ccccc4C3=O)c2)cc1C. The predicted molar refractivity (Wildman–Crippen MR) is 122 cm³/mol. The van der Waals surface area contributed by atoms with Gasteiger partial charge < -0.3 is 5.32 Å². The molecule has 3 aromatic rings. The van der Waals surface area contributed by atoms with E-state index in [-0.39, 0.29) is 24.5 Å². The van der Waals surface area contributed by atoms with Gasteiger partial charge in [-0.15, -0.1) is 0 Å². The van der Waals surface area contributed by atoms with Gasteiger partial charge in [0, 0.05) is 24.1 Å². The van der Waals surface area contributed by atoms with E-state index in [0.29, 0.717) is 28.1 Å². The molecular weight excluding hydrogens is 404 g/mol. The Morgan fingerprint density at radius 2 is 1.47 bits per heavy atom. The summed E-state index contributed by atoms with van der Waals surface area (Å²) in [6.07, 6.45) is 0.120. The second-order valence-corrected chi connectivity index (χ2v) is 7.81. The molecule has 0 unspecified atom stereocenters. The molecule has 160 valence electrons. The summed E-state index contributed by atoms with van der Waals surface area (Å²) in [4.78, 5) is 51.3. The first-order valence-electron chi connectivity index (χ1n) is 10.3. The third-order valence-electron chi connectivity index (χ3n) is 5.59. The van der Waals surface area contributed by atoms with Gasteiger partial charge in [-0.25, -0.2) is 4.90 Å². The van der Waals surface area contributed by atoms with E-state index >= 15 is 0 Å². The van der Waals surface area contributed by atoms with Crippen molar-refractivity contribution in [3.05, 3.63) is 94.5 Å². The molecule has 1 heterocycles. The molecule has 0 fully saturated rings. The molecule has 32 heavy (non-hydrogen) atoms. The maximum Gasteiger partial charge on any atom is 0.266 e. The standard InChI is InChI=1S/C26H22N2O4/c1-16-10-11-18(14-17(16)2)23(29)12-13-24(30)27-19-6-5-7-20(15-19)28-25(31)21-8-3-4-9-22(21)26(28)32/h3-11,14-15H,12-13H2,1-2H3,(H,27,30). The molecule has 1 N–H and O–H groups in total. The highest BCUT2D eigenvalue weighted by Crippen LogP contribution is 2.29. The summed E-state index contributed by atoms with van der Waals surface area (Å²) in [6, 6.07) is 18.7. The summed E-state index contributed by atoms with van der Waals surface area (Å²) in [5, 5.41) is 2.74. The predicted octanol–water partition coefficient (Wildman–Crippen LogP) is 4.71. The van der Waals surface area contributed by atoms with Crippen molar-refractivity contribution in [3.8, 4) is 0 Å². The molecule has 0 atom stereocenters. The summed E-state index contributed by atoms with van der Waals surface area (Å²) in [7, 11) is 0. The first kappa shape index (κ1) is 21.2. The van der Waals surface area contributed by atoms with Crippen molar-refractivity contribution in [1.82, 2.24) is 0 Å². The third kappa shape index (κ3) is 4.07. The molecule has 0 spiro atoms. The quantitative estimate of drug-likeness (QED) is 0.457. The molecule has 0 saturated heterocycles. The molecule has 0 aliphatic carbocycles. The van der Waals surface area contributed by atoms with E-state index in [0.717, 1.165) is 16.0 Å². The number of amides is 3. The second-order valence-electron chi connectivity index (χ2n) is 7.81. The van der Waals surface area contributed by atoms with E-state index < -0.39 is 11.8 Å². The molecule has 3 amide bonds. The number of rotatable bonds is 6. The second kappa shape index (κ2) is 8.59. The fourth-order valence-electron chi connectivity index (χ4n) is 3.66. The number of imide groups is 1. The zero-order chi connectivity index (χ0) is 22.8. The van der Waals surface area contributed by atoms with Gasteiger partial charge in [0.2, 0.25) is 5.91 Å². The molecular formula is C26H22N2O4. The lowest BCUT2D eigenvalue weighted by Crippen LogP contribution is -2.29. The van der Waals surface area contributed by atoms with Crippen molar-refractivity contribution in [3.63, 3.8) is 0 Å². The number of hydrogen-bond donors (Lipinski definition) is 1. The Labute approximate surface area is 185 Å². The van der Waals surface area contributed by atoms with E-state index in [2.05, 4.69) is 5.32 Å². The number of aryl methyl sites for hydroxylation is 2. The Kier molecular flexibility index (Phi) is 5.69. The minimum absolute atomic E-state index is 0.0308. The number of nitrogens with zero attached hydrogens (tertiary/aromatic N) is 1. The number of hydrogen-bond acceptors (Lipinski definition) is 4. The highest BCUT2D eigenvalue weighted by Gasteiger charge is 2.36. The van der Waals surface area contributed by atoms with Gasteiger partial charge in [-0.05, 0) is 61.4 Å². The average Bonchev–Trinajstić information content (AvgIpc) is 3.04. The molecule has 0 aromatic heterocycles. The lowest BCUT2D eigenvalue weighted by molar-refractivity contribution is -0.116. The van der Waals surface area contributed by atoms with Crippen molar-refractivity contribution < 1.29 is 19.2 Å². The van der Waals surface area contributed by atoms with Gasteiger partial charge >= 0.3 is 0 Å². The number of fused-ring (bicyclic) bond motifs is 1. The Morgan fingerprint density at radius 1 is 0.781 bits per heavy atom. The largest absolute Gasteiger partial charge is 0.326 e. The van der Waals surface area contributed by atoms with Crippen LogP contribution in [0.4, 0.5) is 11.4 Å². The number of carbonyl (C=O) groups is 4. The highest BCUT2D eigenvalue weighted by molar-refractivity contribution is 6.34. The Bertz CT molecular complexity index is 1230. The number of benzene rings is 3. The van der Waals surface area contributed by atoms with Gasteiger partial charge in [0.05, 0.1) is 16.8 Å². The van der Waals surface area contributed by atoms with Crippen molar-refractivity contribution in [2.45, 2.75) is 26.7 Å². The molecule has 0 radical (unpaired) electrons. The van der Waals surface area contributed by atoms with Crippen LogP contribution in [0.3, 0.4) is 0 Å². The lowest BCUT2D eigenvalue weighted by Gasteiger charge is -2.15. The third-order valence-corrected chi connectivity index (χ3v) is 5.59. The molecule has 6 nitrogen and oxygen atoms in total. The van der Waals surface area contributed by atoms with Crippen molar-refractivity contribution in [2.75, 3.05) is 10.2 Å². The van der Waals surface area contributed by atoms with Gasteiger partial charge in [-0.1, -0.05) is 30.3 Å². The number of carbonyl (C=O) groups excluding carboxylic acids is 4. The van der Waals surface area contributed by atoms with E-state index in [1.54, 1.807) is 54.6 Å². The first-order chi connectivity index (χ1) is 15.3. The Morgan fingerprint density at radius 3 is 2.12 bits per heavy atom. The Hall–Kier alpha value is -4.06. The van der Waals surface area contributed by atoms with E-state index in [1.165, 1.54) is 0 Å². The van der Waals surface area contributed by atoms with Crippen molar-refractivity contribution in [1.29, 1.82) is 0 Å². The zero-order valence-electron chi connectivity index (χ0n) is 17.8. The summed E-state index contributed by atoms with van der Waals surface area (Å²) in [5.41, 5.74) is 4.27. The van der Waals surface area contributed by atoms with Crippen LogP contribution in [0, 0.1) is 13.8 Å². The van der Waals surface area contributed by atoms with E-state index in [9.17, 15) is 19.2 Å². The maximum atomic E-state index is 12.7. The lowest BCUT2D eigenvalue weighted by atomic mass is 10.0. The first-order valence-corrected chi connectivity index (χ1v) is 10.3. The van der Waals surface area contributed by atoms with E-state index in [1.807, 2.05) is 26.0 Å². The van der Waals surface area contributed by atoms with Crippen LogP contribution >= 0.6 is 0 Å². The number of nitrogens with one attached hydrogen (secondary N) is 1. The fourth-order valence-corrected chi connectivity index (χ4v) is 3.66. The van der Waals surface area contributed by atoms with Gasteiger partial charge in [0.25, 0.3) is 11.8 Å².